The highest BCUT2D eigenvalue weighted by Gasteiger charge is 2.56. The molecule has 2 aliphatic rings. The Balaban J connectivity index is 2.41. The first-order chi connectivity index (χ1) is 6.96. The molecule has 0 unspecified atom stereocenters. The summed E-state index contributed by atoms with van der Waals surface area (Å²) < 4.78 is 0. The Morgan fingerprint density at radius 1 is 1.53 bits per heavy atom. The number of allylic oxidation sites excluding steroid dienone is 2. The van der Waals surface area contributed by atoms with Crippen molar-refractivity contribution in [3.05, 3.63) is 11.6 Å². The Morgan fingerprint density at radius 3 is 2.53 bits per heavy atom. The maximum atomic E-state index is 9.02. The third-order valence-electron chi connectivity index (χ3n) is 4.93. The summed E-state index contributed by atoms with van der Waals surface area (Å²) in [5.74, 6) is 0.591. The summed E-state index contributed by atoms with van der Waals surface area (Å²) in [6.45, 7) is 9.08. The summed E-state index contributed by atoms with van der Waals surface area (Å²) in [4.78, 5) is 0. The second-order valence-electron chi connectivity index (χ2n) is 5.73. The van der Waals surface area contributed by atoms with Crippen LogP contribution in [0, 0.1) is 16.7 Å². The van der Waals surface area contributed by atoms with Crippen molar-refractivity contribution in [2.24, 2.45) is 21.9 Å². The van der Waals surface area contributed by atoms with Crippen molar-refractivity contribution in [1.29, 1.82) is 0 Å². The quantitative estimate of drug-likeness (QED) is 0.419. The lowest BCUT2D eigenvalue weighted by atomic mass is 9.70. The average molecular weight is 207 g/mol. The topological polar surface area (TPSA) is 32.6 Å². The molecule has 1 saturated carbocycles. The molecular formula is C13H21NO. The normalized spacial score (nSPS) is 38.3. The van der Waals surface area contributed by atoms with Gasteiger partial charge in [-0.25, -0.2) is 0 Å². The Kier molecular flexibility index (Phi) is 2.21. The van der Waals surface area contributed by atoms with Gasteiger partial charge in [0.15, 0.2) is 0 Å². The summed E-state index contributed by atoms with van der Waals surface area (Å²) in [5, 5.41) is 12.5. The van der Waals surface area contributed by atoms with E-state index >= 15 is 0 Å². The van der Waals surface area contributed by atoms with E-state index in [1.165, 1.54) is 18.4 Å². The minimum absolute atomic E-state index is 0.304. The van der Waals surface area contributed by atoms with Crippen LogP contribution >= 0.6 is 0 Å². The highest BCUT2D eigenvalue weighted by molar-refractivity contribution is 6.01. The minimum Gasteiger partial charge on any atom is -0.411 e. The Morgan fingerprint density at radius 2 is 2.20 bits per heavy atom. The van der Waals surface area contributed by atoms with Gasteiger partial charge in [0.05, 0.1) is 5.71 Å². The minimum atomic E-state index is 0.304. The molecule has 1 fully saturated rings. The molecule has 2 aliphatic carbocycles. The highest BCUT2D eigenvalue weighted by atomic mass is 16.4. The van der Waals surface area contributed by atoms with Crippen LogP contribution in [-0.2, 0) is 0 Å². The molecule has 2 rings (SSSR count). The van der Waals surface area contributed by atoms with Crippen molar-refractivity contribution in [1.82, 2.24) is 0 Å². The van der Waals surface area contributed by atoms with Gasteiger partial charge in [-0.3, -0.25) is 0 Å². The Hall–Kier alpha value is -0.790. The van der Waals surface area contributed by atoms with E-state index in [1.807, 2.05) is 0 Å². The van der Waals surface area contributed by atoms with E-state index in [-0.39, 0.29) is 0 Å². The molecule has 15 heavy (non-hydrogen) atoms. The van der Waals surface area contributed by atoms with Gasteiger partial charge in [-0.2, -0.15) is 0 Å². The van der Waals surface area contributed by atoms with Crippen LogP contribution in [0.3, 0.4) is 0 Å². The van der Waals surface area contributed by atoms with E-state index in [1.54, 1.807) is 0 Å². The molecule has 0 aromatic heterocycles. The van der Waals surface area contributed by atoms with Gasteiger partial charge in [0.25, 0.3) is 0 Å². The average Bonchev–Trinajstić information content (AvgIpc) is 2.50. The zero-order chi connectivity index (χ0) is 11.3. The van der Waals surface area contributed by atoms with E-state index in [9.17, 15) is 0 Å². The van der Waals surface area contributed by atoms with Gasteiger partial charge in [-0.1, -0.05) is 38.9 Å². The third-order valence-corrected chi connectivity index (χ3v) is 4.93. The summed E-state index contributed by atoms with van der Waals surface area (Å²) in [7, 11) is 0. The zero-order valence-electron chi connectivity index (χ0n) is 10.2. The molecule has 0 aliphatic heterocycles. The van der Waals surface area contributed by atoms with E-state index in [0.29, 0.717) is 16.7 Å². The van der Waals surface area contributed by atoms with Crippen molar-refractivity contribution in [2.75, 3.05) is 0 Å². The first-order valence-corrected chi connectivity index (χ1v) is 5.90. The molecule has 84 valence electrons. The van der Waals surface area contributed by atoms with Crippen LogP contribution in [0.1, 0.15) is 47.0 Å². The van der Waals surface area contributed by atoms with Gasteiger partial charge in [-0.15, -0.1) is 0 Å². The number of hydrogen-bond donors (Lipinski definition) is 1. The second kappa shape index (κ2) is 3.10. The second-order valence-corrected chi connectivity index (χ2v) is 5.73. The van der Waals surface area contributed by atoms with Gasteiger partial charge in [0, 0.05) is 0 Å². The molecular weight excluding hydrogens is 186 g/mol. The molecule has 0 radical (unpaired) electrons. The van der Waals surface area contributed by atoms with Crippen LogP contribution in [0.15, 0.2) is 16.8 Å². The summed E-state index contributed by atoms with van der Waals surface area (Å²) >= 11 is 0. The lowest BCUT2D eigenvalue weighted by molar-refractivity contribution is 0.180. The van der Waals surface area contributed by atoms with Crippen molar-refractivity contribution in [3.63, 3.8) is 0 Å². The molecule has 0 aromatic rings. The van der Waals surface area contributed by atoms with E-state index in [0.717, 1.165) is 12.1 Å². The first-order valence-electron chi connectivity index (χ1n) is 5.90. The third kappa shape index (κ3) is 1.20. The molecule has 2 atom stereocenters. The van der Waals surface area contributed by atoms with Gasteiger partial charge >= 0.3 is 0 Å². The van der Waals surface area contributed by atoms with Crippen LogP contribution in [0.25, 0.3) is 0 Å². The molecule has 0 spiro atoms. The standard InChI is InChI=1S/C13H21NO/c1-5-11(14-15)9-8-13(4)7-6-10(9)12(13,2)3/h8,10,15H,5-7H2,1-4H3/b14-11-/t10-,13+/m0/s1. The molecule has 0 aromatic carbocycles. The van der Waals surface area contributed by atoms with Crippen LogP contribution in [0.4, 0.5) is 0 Å². The van der Waals surface area contributed by atoms with Gasteiger partial charge in [0.1, 0.15) is 0 Å². The summed E-state index contributed by atoms with van der Waals surface area (Å²) in [6, 6.07) is 0. The van der Waals surface area contributed by atoms with Crippen molar-refractivity contribution in [2.45, 2.75) is 47.0 Å². The van der Waals surface area contributed by atoms with E-state index in [4.69, 9.17) is 5.21 Å². The monoisotopic (exact) mass is 207 g/mol. The predicted octanol–water partition coefficient (Wildman–Crippen LogP) is 3.61. The number of oxime groups is 1. The molecule has 0 saturated heterocycles. The molecule has 1 N–H and O–H groups in total. The van der Waals surface area contributed by atoms with Crippen LogP contribution in [0.5, 0.6) is 0 Å². The van der Waals surface area contributed by atoms with Crippen molar-refractivity contribution >= 4 is 5.71 Å². The fourth-order valence-electron chi connectivity index (χ4n) is 3.39. The number of nitrogens with zero attached hydrogens (tertiary/aromatic N) is 1. The number of rotatable bonds is 2. The Labute approximate surface area is 92.1 Å². The molecule has 0 heterocycles. The summed E-state index contributed by atoms with van der Waals surface area (Å²) in [6.07, 6.45) is 5.70. The van der Waals surface area contributed by atoms with Crippen molar-refractivity contribution in [3.8, 4) is 0 Å². The van der Waals surface area contributed by atoms with E-state index < -0.39 is 0 Å². The lowest BCUT2D eigenvalue weighted by Crippen LogP contribution is -2.27. The zero-order valence-corrected chi connectivity index (χ0v) is 10.2. The largest absolute Gasteiger partial charge is 0.411 e. The highest BCUT2D eigenvalue weighted by Crippen LogP contribution is 2.64. The van der Waals surface area contributed by atoms with Gasteiger partial charge < -0.3 is 5.21 Å². The lowest BCUT2D eigenvalue weighted by Gasteiger charge is -2.34. The van der Waals surface area contributed by atoms with Gasteiger partial charge in [0.2, 0.25) is 0 Å². The van der Waals surface area contributed by atoms with Crippen LogP contribution in [0.2, 0.25) is 0 Å². The molecule has 2 nitrogen and oxygen atoms in total. The van der Waals surface area contributed by atoms with Crippen LogP contribution < -0.4 is 0 Å². The number of hydrogen-bond acceptors (Lipinski definition) is 2. The Bertz CT molecular complexity index is 340. The summed E-state index contributed by atoms with van der Waals surface area (Å²) in [5.41, 5.74) is 2.82. The fraction of sp³-hybridized carbons (Fsp3) is 0.769. The van der Waals surface area contributed by atoms with E-state index in [2.05, 4.69) is 38.9 Å². The maximum absolute atomic E-state index is 9.02. The van der Waals surface area contributed by atoms with Crippen molar-refractivity contribution < 1.29 is 5.21 Å². The SMILES string of the molecule is CC/C(=N/O)C1=C[C@@]2(C)CC[C@@H]1C2(C)C. The first kappa shape index (κ1) is 10.7. The smallest absolute Gasteiger partial charge is 0.0824 e. The molecule has 2 bridgehead atoms. The maximum Gasteiger partial charge on any atom is 0.0824 e. The molecule has 2 heteroatoms. The number of fused-ring (bicyclic) bond motifs is 2. The fourth-order valence-corrected chi connectivity index (χ4v) is 3.39. The predicted molar refractivity (Wildman–Crippen MR) is 62.2 cm³/mol. The van der Waals surface area contributed by atoms with Crippen LogP contribution in [-0.4, -0.2) is 10.9 Å². The molecule has 0 amide bonds. The van der Waals surface area contributed by atoms with Gasteiger partial charge in [-0.05, 0) is 41.6 Å².